The predicted molar refractivity (Wildman–Crippen MR) is 93.9 cm³/mol. The third kappa shape index (κ3) is 3.26. The fourth-order valence-corrected chi connectivity index (χ4v) is 4.75. The molecule has 1 N–H and O–H groups in total. The van der Waals surface area contributed by atoms with E-state index in [1.165, 1.54) is 0 Å². The molecule has 0 aliphatic carbocycles. The Bertz CT molecular complexity index is 848. The molecule has 1 saturated heterocycles. The number of hydrogen-bond donors (Lipinski definition) is 1. The average molecular weight is 364 g/mol. The highest BCUT2D eigenvalue weighted by Crippen LogP contribution is 2.35. The minimum atomic E-state index is -3.77. The summed E-state index contributed by atoms with van der Waals surface area (Å²) in [5.74, 6) is -0.101. The van der Waals surface area contributed by atoms with Crippen LogP contribution in [0.2, 0.25) is 0 Å². The SMILES string of the molecule is COc1ccc(C2=C(C)C(N3CCC(C(=O)O)CC3)=NS2(=O)=O)cc1. The molecule has 2 heterocycles. The molecule has 3 rings (SSSR count). The normalized spacial score (nSPS) is 20.6. The zero-order valence-corrected chi connectivity index (χ0v) is 14.9. The van der Waals surface area contributed by atoms with Crippen LogP contribution in [0.4, 0.5) is 0 Å². The second kappa shape index (κ2) is 6.51. The molecule has 1 aromatic carbocycles. The van der Waals surface area contributed by atoms with Gasteiger partial charge in [0.15, 0.2) is 0 Å². The minimum Gasteiger partial charge on any atom is -0.497 e. The van der Waals surface area contributed by atoms with E-state index in [9.17, 15) is 13.2 Å². The Balaban J connectivity index is 1.89. The van der Waals surface area contributed by atoms with Crippen LogP contribution in [-0.4, -0.2) is 50.4 Å². The van der Waals surface area contributed by atoms with Crippen molar-refractivity contribution < 1.29 is 23.1 Å². The molecular weight excluding hydrogens is 344 g/mol. The molecule has 134 valence electrons. The monoisotopic (exact) mass is 364 g/mol. The molecule has 1 aromatic rings. The third-order valence-corrected chi connectivity index (χ3v) is 6.11. The van der Waals surface area contributed by atoms with Crippen molar-refractivity contribution in [3.05, 3.63) is 35.4 Å². The highest BCUT2D eigenvalue weighted by Gasteiger charge is 2.35. The lowest BCUT2D eigenvalue weighted by molar-refractivity contribution is -0.143. The van der Waals surface area contributed by atoms with Crippen molar-refractivity contribution in [1.29, 1.82) is 0 Å². The second-order valence-electron chi connectivity index (χ2n) is 6.17. The number of ether oxygens (including phenoxy) is 1. The van der Waals surface area contributed by atoms with Crippen LogP contribution in [-0.2, 0) is 14.8 Å². The van der Waals surface area contributed by atoms with Gasteiger partial charge in [0, 0.05) is 18.7 Å². The number of piperidine rings is 1. The van der Waals surface area contributed by atoms with E-state index in [2.05, 4.69) is 4.40 Å². The van der Waals surface area contributed by atoms with Gasteiger partial charge in [-0.05, 0) is 49.6 Å². The predicted octanol–water partition coefficient (Wildman–Crippen LogP) is 1.96. The molecule has 0 unspecified atom stereocenters. The van der Waals surface area contributed by atoms with Gasteiger partial charge < -0.3 is 14.7 Å². The van der Waals surface area contributed by atoms with E-state index in [4.69, 9.17) is 9.84 Å². The zero-order chi connectivity index (χ0) is 18.2. The maximum atomic E-state index is 12.6. The van der Waals surface area contributed by atoms with Gasteiger partial charge in [0.2, 0.25) is 0 Å². The molecular formula is C17H20N2O5S. The van der Waals surface area contributed by atoms with Gasteiger partial charge in [-0.1, -0.05) is 0 Å². The number of carboxylic acids is 1. The molecule has 0 aromatic heterocycles. The number of benzene rings is 1. The first-order valence-electron chi connectivity index (χ1n) is 8.02. The quantitative estimate of drug-likeness (QED) is 0.881. The lowest BCUT2D eigenvalue weighted by Crippen LogP contribution is -2.40. The number of carboxylic acid groups (broad SMARTS) is 1. The Labute approximate surface area is 146 Å². The summed E-state index contributed by atoms with van der Waals surface area (Å²) < 4.78 is 34.2. The van der Waals surface area contributed by atoms with Gasteiger partial charge >= 0.3 is 5.97 Å². The van der Waals surface area contributed by atoms with E-state index in [0.29, 0.717) is 48.7 Å². The molecule has 0 atom stereocenters. The van der Waals surface area contributed by atoms with Crippen LogP contribution >= 0.6 is 0 Å². The lowest BCUT2D eigenvalue weighted by atomic mass is 9.96. The number of sulfonamides is 1. The Morgan fingerprint density at radius 3 is 2.36 bits per heavy atom. The van der Waals surface area contributed by atoms with Crippen molar-refractivity contribution in [3.63, 3.8) is 0 Å². The van der Waals surface area contributed by atoms with Gasteiger partial charge in [0.05, 0.1) is 13.0 Å². The first-order chi connectivity index (χ1) is 11.8. The zero-order valence-electron chi connectivity index (χ0n) is 14.1. The topological polar surface area (TPSA) is 96.3 Å². The lowest BCUT2D eigenvalue weighted by Gasteiger charge is -2.31. The van der Waals surface area contributed by atoms with Crippen molar-refractivity contribution >= 4 is 26.7 Å². The molecule has 2 aliphatic heterocycles. The van der Waals surface area contributed by atoms with Crippen molar-refractivity contribution in [2.24, 2.45) is 10.3 Å². The first-order valence-corrected chi connectivity index (χ1v) is 9.46. The van der Waals surface area contributed by atoms with E-state index in [0.717, 1.165) is 0 Å². The molecule has 0 saturated carbocycles. The summed E-state index contributed by atoms with van der Waals surface area (Å²) in [5, 5.41) is 9.09. The number of aliphatic carboxylic acids is 1. The summed E-state index contributed by atoms with van der Waals surface area (Å²) in [4.78, 5) is 13.1. The summed E-state index contributed by atoms with van der Waals surface area (Å²) in [7, 11) is -2.22. The number of hydrogen-bond acceptors (Lipinski definition) is 5. The number of rotatable bonds is 3. The molecule has 7 nitrogen and oxygen atoms in total. The summed E-state index contributed by atoms with van der Waals surface area (Å²) >= 11 is 0. The molecule has 25 heavy (non-hydrogen) atoms. The Morgan fingerprint density at radius 2 is 1.84 bits per heavy atom. The van der Waals surface area contributed by atoms with Crippen molar-refractivity contribution in [2.45, 2.75) is 19.8 Å². The van der Waals surface area contributed by atoms with Crippen LogP contribution in [0.1, 0.15) is 25.3 Å². The standard InChI is InChI=1S/C17H20N2O5S/c1-11-15(12-3-5-14(24-2)6-4-12)25(22,23)18-16(11)19-9-7-13(8-10-19)17(20)21/h3-6,13H,7-10H2,1-2H3,(H,20,21). The Morgan fingerprint density at radius 1 is 1.24 bits per heavy atom. The summed E-state index contributed by atoms with van der Waals surface area (Å²) in [6.07, 6.45) is 0.971. The Kier molecular flexibility index (Phi) is 4.55. The maximum Gasteiger partial charge on any atom is 0.306 e. The van der Waals surface area contributed by atoms with Crippen LogP contribution < -0.4 is 4.74 Å². The van der Waals surface area contributed by atoms with Gasteiger partial charge in [0.1, 0.15) is 16.5 Å². The molecule has 0 radical (unpaired) electrons. The van der Waals surface area contributed by atoms with Crippen LogP contribution in [0.25, 0.3) is 4.91 Å². The number of nitrogens with zero attached hydrogens (tertiary/aromatic N) is 2. The van der Waals surface area contributed by atoms with Crippen LogP contribution in [0, 0.1) is 5.92 Å². The smallest absolute Gasteiger partial charge is 0.306 e. The fourth-order valence-electron chi connectivity index (χ4n) is 3.26. The van der Waals surface area contributed by atoms with Gasteiger partial charge in [-0.3, -0.25) is 4.79 Å². The molecule has 1 fully saturated rings. The number of methoxy groups -OCH3 is 1. The van der Waals surface area contributed by atoms with Crippen molar-refractivity contribution in [1.82, 2.24) is 4.90 Å². The molecule has 8 heteroatoms. The number of carbonyl (C=O) groups is 1. The van der Waals surface area contributed by atoms with Gasteiger partial charge in [-0.15, -0.1) is 4.40 Å². The van der Waals surface area contributed by atoms with Crippen molar-refractivity contribution in [3.8, 4) is 5.75 Å². The summed E-state index contributed by atoms with van der Waals surface area (Å²) in [6.45, 7) is 2.71. The molecule has 0 amide bonds. The average Bonchev–Trinajstić information content (AvgIpc) is 2.84. The minimum absolute atomic E-state index is 0.200. The van der Waals surface area contributed by atoms with Crippen LogP contribution in [0.15, 0.2) is 34.2 Å². The van der Waals surface area contributed by atoms with E-state index < -0.39 is 16.0 Å². The highest BCUT2D eigenvalue weighted by molar-refractivity contribution is 8.00. The van der Waals surface area contributed by atoms with E-state index in [1.54, 1.807) is 38.3 Å². The van der Waals surface area contributed by atoms with E-state index >= 15 is 0 Å². The largest absolute Gasteiger partial charge is 0.497 e. The highest BCUT2D eigenvalue weighted by atomic mass is 32.2. The number of amidine groups is 1. The second-order valence-corrected chi connectivity index (χ2v) is 7.71. The van der Waals surface area contributed by atoms with Crippen LogP contribution in [0.5, 0.6) is 5.75 Å². The molecule has 0 spiro atoms. The van der Waals surface area contributed by atoms with Crippen LogP contribution in [0.3, 0.4) is 0 Å². The Hall–Kier alpha value is -2.35. The molecule has 2 aliphatic rings. The fraction of sp³-hybridized carbons (Fsp3) is 0.412. The maximum absolute atomic E-state index is 12.6. The number of likely N-dealkylation sites (tertiary alicyclic amines) is 1. The van der Waals surface area contributed by atoms with E-state index in [-0.39, 0.29) is 10.8 Å². The molecule has 0 bridgehead atoms. The van der Waals surface area contributed by atoms with Gasteiger partial charge in [-0.2, -0.15) is 8.42 Å². The first kappa shape index (κ1) is 17.5. The summed E-state index contributed by atoms with van der Waals surface area (Å²) in [5.41, 5.74) is 1.16. The van der Waals surface area contributed by atoms with Crippen molar-refractivity contribution in [2.75, 3.05) is 20.2 Å². The van der Waals surface area contributed by atoms with Gasteiger partial charge in [0.25, 0.3) is 10.0 Å². The third-order valence-electron chi connectivity index (χ3n) is 4.64. The van der Waals surface area contributed by atoms with Gasteiger partial charge in [-0.25, -0.2) is 0 Å². The summed E-state index contributed by atoms with van der Waals surface area (Å²) in [6, 6.07) is 6.82. The van der Waals surface area contributed by atoms with E-state index in [1.807, 2.05) is 4.90 Å².